The van der Waals surface area contributed by atoms with Gasteiger partial charge in [0.05, 0.1) is 18.2 Å². The molecule has 4 heteroatoms. The van der Waals surface area contributed by atoms with Crippen molar-refractivity contribution in [1.82, 2.24) is 0 Å². The summed E-state index contributed by atoms with van der Waals surface area (Å²) in [6.45, 7) is 1.62. The summed E-state index contributed by atoms with van der Waals surface area (Å²) in [5, 5.41) is 11.2. The maximum Gasteiger partial charge on any atom is 0.265 e. The van der Waals surface area contributed by atoms with Gasteiger partial charge in [-0.05, 0) is 6.07 Å². The molecule has 0 fully saturated rings. The second-order valence-corrected chi connectivity index (χ2v) is 5.83. The molecule has 2 unspecified atom stereocenters. The fourth-order valence-corrected chi connectivity index (χ4v) is 3.17. The van der Waals surface area contributed by atoms with Crippen molar-refractivity contribution in [2.45, 2.75) is 12.5 Å². The average molecular weight is 319 g/mol. The van der Waals surface area contributed by atoms with E-state index in [4.69, 9.17) is 6.42 Å². The minimum Gasteiger partial charge on any atom is -0.375 e. The molecule has 0 radical (unpaired) electrons. The van der Waals surface area contributed by atoms with E-state index in [-0.39, 0.29) is 12.3 Å². The Balaban J connectivity index is 2.07. The largest absolute Gasteiger partial charge is 0.375 e. The molecule has 120 valence electrons. The van der Waals surface area contributed by atoms with Crippen LogP contribution in [0, 0.1) is 18.3 Å². The number of benzene rings is 2. The minimum absolute atomic E-state index is 0.0460. The summed E-state index contributed by atoms with van der Waals surface area (Å²) in [5.74, 6) is 0.649. The summed E-state index contributed by atoms with van der Waals surface area (Å²) in [6.07, 6.45) is 5.35. The van der Waals surface area contributed by atoms with Crippen LogP contribution in [-0.2, 0) is 10.4 Å². The summed E-state index contributed by atoms with van der Waals surface area (Å²) in [4.78, 5) is 27.0. The van der Waals surface area contributed by atoms with Gasteiger partial charge in [-0.2, -0.15) is 0 Å². The van der Waals surface area contributed by atoms with Crippen molar-refractivity contribution in [3.05, 3.63) is 65.7 Å². The van der Waals surface area contributed by atoms with Crippen molar-refractivity contribution in [3.63, 3.8) is 0 Å². The van der Waals surface area contributed by atoms with E-state index >= 15 is 0 Å². The summed E-state index contributed by atoms with van der Waals surface area (Å²) in [6, 6.07) is 15.5. The lowest BCUT2D eigenvalue weighted by Gasteiger charge is -2.28. The number of amides is 1. The van der Waals surface area contributed by atoms with Crippen LogP contribution in [0.5, 0.6) is 0 Å². The highest BCUT2D eigenvalue weighted by Gasteiger charge is 2.55. The normalized spacial score (nSPS) is 20.4. The molecule has 1 aliphatic heterocycles. The van der Waals surface area contributed by atoms with Gasteiger partial charge in [-0.15, -0.1) is 6.42 Å². The number of Topliss-reactive ketones (excluding diaryl/α,β-unsaturated/α-hetero) is 1. The van der Waals surface area contributed by atoms with Crippen molar-refractivity contribution in [2.75, 3.05) is 11.4 Å². The number of carbonyl (C=O) groups is 2. The van der Waals surface area contributed by atoms with E-state index in [0.29, 0.717) is 16.8 Å². The third-order valence-corrected chi connectivity index (χ3v) is 4.50. The van der Waals surface area contributed by atoms with E-state index in [1.165, 1.54) is 4.90 Å². The fourth-order valence-electron chi connectivity index (χ4n) is 3.17. The summed E-state index contributed by atoms with van der Waals surface area (Å²) < 4.78 is 0. The van der Waals surface area contributed by atoms with Crippen LogP contribution in [0.25, 0.3) is 0 Å². The van der Waals surface area contributed by atoms with Crippen molar-refractivity contribution in [3.8, 4) is 12.3 Å². The highest BCUT2D eigenvalue weighted by Crippen LogP contribution is 2.45. The first kappa shape index (κ1) is 16.0. The van der Waals surface area contributed by atoms with Gasteiger partial charge >= 0.3 is 0 Å². The summed E-state index contributed by atoms with van der Waals surface area (Å²) in [7, 11) is 0. The van der Waals surface area contributed by atoms with Gasteiger partial charge in [0.25, 0.3) is 5.91 Å². The van der Waals surface area contributed by atoms with Crippen LogP contribution in [-0.4, -0.2) is 23.3 Å². The summed E-state index contributed by atoms with van der Waals surface area (Å²) >= 11 is 0. The van der Waals surface area contributed by atoms with Gasteiger partial charge in [-0.25, -0.2) is 0 Å². The molecule has 24 heavy (non-hydrogen) atoms. The zero-order valence-corrected chi connectivity index (χ0v) is 13.3. The first-order valence-electron chi connectivity index (χ1n) is 7.68. The summed E-state index contributed by atoms with van der Waals surface area (Å²) in [5.41, 5.74) is -0.489. The zero-order valence-electron chi connectivity index (χ0n) is 13.3. The number of aliphatic hydroxyl groups is 1. The molecule has 0 spiro atoms. The molecular weight excluding hydrogens is 302 g/mol. The van der Waals surface area contributed by atoms with E-state index in [9.17, 15) is 14.7 Å². The van der Waals surface area contributed by atoms with Crippen LogP contribution in [0.3, 0.4) is 0 Å². The molecule has 1 aliphatic rings. The van der Waals surface area contributed by atoms with Crippen LogP contribution in [0.2, 0.25) is 0 Å². The zero-order chi connectivity index (χ0) is 17.3. The number of hydrogen-bond donors (Lipinski definition) is 1. The van der Waals surface area contributed by atoms with Crippen molar-refractivity contribution in [1.29, 1.82) is 0 Å². The highest BCUT2D eigenvalue weighted by molar-refractivity contribution is 6.11. The number of rotatable bonds is 4. The molecule has 0 saturated carbocycles. The standard InChI is InChI=1S/C20H17NO3/c1-3-13-21-17-12-8-7-11-16(17)20(24,19(21)23)14(2)18(22)15-9-5-4-6-10-15/h1,4-12,14,24H,13H2,2H3. The topological polar surface area (TPSA) is 57.6 Å². The third kappa shape index (κ3) is 2.22. The van der Waals surface area contributed by atoms with Gasteiger partial charge in [0.1, 0.15) is 0 Å². The number of nitrogens with zero attached hydrogens (tertiary/aromatic N) is 1. The van der Waals surface area contributed by atoms with E-state index in [2.05, 4.69) is 5.92 Å². The van der Waals surface area contributed by atoms with E-state index < -0.39 is 17.4 Å². The second kappa shape index (κ2) is 5.95. The first-order chi connectivity index (χ1) is 11.5. The Kier molecular flexibility index (Phi) is 3.96. The first-order valence-corrected chi connectivity index (χ1v) is 7.68. The Hall–Kier alpha value is -2.90. The molecule has 0 aromatic heterocycles. The SMILES string of the molecule is C#CCN1C(=O)C(O)(C(C)C(=O)c2ccccc2)c2ccccc21. The number of terminal acetylenes is 1. The van der Waals surface area contributed by atoms with Crippen LogP contribution in [0.4, 0.5) is 5.69 Å². The van der Waals surface area contributed by atoms with Gasteiger partial charge in [0, 0.05) is 11.1 Å². The second-order valence-electron chi connectivity index (χ2n) is 5.83. The van der Waals surface area contributed by atoms with Crippen LogP contribution < -0.4 is 4.90 Å². The lowest BCUT2D eigenvalue weighted by atomic mass is 9.79. The van der Waals surface area contributed by atoms with Gasteiger partial charge in [0.2, 0.25) is 0 Å². The maximum absolute atomic E-state index is 12.9. The van der Waals surface area contributed by atoms with Crippen LogP contribution in [0.15, 0.2) is 54.6 Å². The Labute approximate surface area is 140 Å². The van der Waals surface area contributed by atoms with Crippen LogP contribution >= 0.6 is 0 Å². The monoisotopic (exact) mass is 319 g/mol. The van der Waals surface area contributed by atoms with E-state index in [0.717, 1.165) is 0 Å². The predicted octanol–water partition coefficient (Wildman–Crippen LogP) is 2.37. The highest BCUT2D eigenvalue weighted by atomic mass is 16.3. The quantitative estimate of drug-likeness (QED) is 0.695. The molecule has 4 nitrogen and oxygen atoms in total. The Morgan fingerprint density at radius 2 is 1.83 bits per heavy atom. The lowest BCUT2D eigenvalue weighted by molar-refractivity contribution is -0.139. The minimum atomic E-state index is -1.92. The predicted molar refractivity (Wildman–Crippen MR) is 91.5 cm³/mol. The van der Waals surface area contributed by atoms with E-state index in [1.54, 1.807) is 61.5 Å². The fraction of sp³-hybridized carbons (Fsp3) is 0.200. The molecule has 1 amide bonds. The number of fused-ring (bicyclic) bond motifs is 1. The molecule has 2 aromatic carbocycles. The number of carbonyl (C=O) groups excluding carboxylic acids is 2. The Morgan fingerprint density at radius 1 is 1.21 bits per heavy atom. The van der Waals surface area contributed by atoms with Crippen LogP contribution in [0.1, 0.15) is 22.8 Å². The van der Waals surface area contributed by atoms with Gasteiger partial charge in [-0.1, -0.05) is 61.4 Å². The molecular formula is C20H17NO3. The number of anilines is 1. The lowest BCUT2D eigenvalue weighted by Crippen LogP contribution is -2.47. The van der Waals surface area contributed by atoms with E-state index in [1.807, 2.05) is 0 Å². The average Bonchev–Trinajstić information content (AvgIpc) is 2.85. The molecule has 2 atom stereocenters. The van der Waals surface area contributed by atoms with Gasteiger partial charge < -0.3 is 5.11 Å². The molecule has 2 aromatic rings. The smallest absolute Gasteiger partial charge is 0.265 e. The van der Waals surface area contributed by atoms with Gasteiger partial charge in [-0.3, -0.25) is 14.5 Å². The third-order valence-electron chi connectivity index (χ3n) is 4.50. The Bertz CT molecular complexity index is 837. The molecule has 1 N–H and O–H groups in total. The molecule has 0 saturated heterocycles. The van der Waals surface area contributed by atoms with Crippen molar-refractivity contribution >= 4 is 17.4 Å². The Morgan fingerprint density at radius 3 is 2.50 bits per heavy atom. The van der Waals surface area contributed by atoms with Crippen molar-refractivity contribution in [2.24, 2.45) is 5.92 Å². The maximum atomic E-state index is 12.9. The molecule has 0 aliphatic carbocycles. The van der Waals surface area contributed by atoms with Crippen molar-refractivity contribution < 1.29 is 14.7 Å². The molecule has 1 heterocycles. The number of ketones is 1. The molecule has 3 rings (SSSR count). The molecule has 0 bridgehead atoms. The number of hydrogen-bond acceptors (Lipinski definition) is 3. The number of para-hydroxylation sites is 1. The van der Waals surface area contributed by atoms with Gasteiger partial charge in [0.15, 0.2) is 11.4 Å².